The van der Waals surface area contributed by atoms with Crippen LogP contribution in [0.2, 0.25) is 0 Å². The van der Waals surface area contributed by atoms with Crippen molar-refractivity contribution in [2.75, 3.05) is 39.3 Å². The minimum atomic E-state index is -0.207. The van der Waals surface area contributed by atoms with Gasteiger partial charge in [0.05, 0.1) is 5.69 Å². The summed E-state index contributed by atoms with van der Waals surface area (Å²) in [5, 5.41) is 8.22. The van der Waals surface area contributed by atoms with Gasteiger partial charge < -0.3 is 14.6 Å². The summed E-state index contributed by atoms with van der Waals surface area (Å²) in [6.45, 7) is 8.78. The number of hydrogen-bond acceptors (Lipinski definition) is 6. The lowest BCUT2D eigenvalue weighted by atomic mass is 10.0. The number of benzene rings is 3. The van der Waals surface area contributed by atoms with Crippen LogP contribution in [0.4, 0.5) is 0 Å². The zero-order valence-electron chi connectivity index (χ0n) is 26.3. The van der Waals surface area contributed by atoms with E-state index in [0.717, 1.165) is 63.2 Å². The van der Waals surface area contributed by atoms with Crippen LogP contribution in [-0.4, -0.2) is 81.6 Å². The van der Waals surface area contributed by atoms with Crippen molar-refractivity contribution in [2.45, 2.75) is 38.9 Å². The van der Waals surface area contributed by atoms with Crippen LogP contribution in [0.25, 0.3) is 16.7 Å². The Morgan fingerprint density at radius 1 is 0.826 bits per heavy atom. The molecule has 0 unspecified atom stereocenters. The maximum atomic E-state index is 13.3. The van der Waals surface area contributed by atoms with Gasteiger partial charge in [-0.05, 0) is 73.4 Å². The van der Waals surface area contributed by atoms with Gasteiger partial charge in [0, 0.05) is 81.7 Å². The molecular formula is C37H40N6O3. The van der Waals surface area contributed by atoms with Gasteiger partial charge in [-0.1, -0.05) is 42.0 Å². The topological polar surface area (TPSA) is 86.8 Å². The Bertz CT molecular complexity index is 1780. The van der Waals surface area contributed by atoms with E-state index in [1.54, 1.807) is 24.4 Å². The molecule has 0 aliphatic carbocycles. The highest BCUT2D eigenvalue weighted by Crippen LogP contribution is 2.23. The van der Waals surface area contributed by atoms with Crippen LogP contribution in [0.1, 0.15) is 50.4 Å². The van der Waals surface area contributed by atoms with Gasteiger partial charge in [0.15, 0.2) is 5.76 Å². The first-order chi connectivity index (χ1) is 22.5. The number of aromatic nitrogens is 2. The number of likely N-dealkylation sites (tertiary alicyclic amines) is 1. The lowest BCUT2D eigenvalue weighted by molar-refractivity contribution is 0.0628. The fourth-order valence-electron chi connectivity index (χ4n) is 6.46. The molecule has 0 saturated carbocycles. The zero-order valence-corrected chi connectivity index (χ0v) is 26.3. The van der Waals surface area contributed by atoms with E-state index in [4.69, 9.17) is 4.42 Å². The number of nitrogens with zero attached hydrogens (tertiary/aromatic N) is 5. The average molecular weight is 617 g/mol. The first kappa shape index (κ1) is 30.0. The van der Waals surface area contributed by atoms with Crippen molar-refractivity contribution in [3.63, 3.8) is 0 Å². The van der Waals surface area contributed by atoms with Crippen molar-refractivity contribution in [3.05, 3.63) is 119 Å². The van der Waals surface area contributed by atoms with Gasteiger partial charge in [-0.3, -0.25) is 19.4 Å². The van der Waals surface area contributed by atoms with Gasteiger partial charge in [-0.25, -0.2) is 4.68 Å². The Morgan fingerprint density at radius 3 is 2.17 bits per heavy atom. The number of carbonyl (C=O) groups excluding carboxylic acids is 2. The van der Waals surface area contributed by atoms with Crippen molar-refractivity contribution in [3.8, 4) is 5.69 Å². The predicted molar refractivity (Wildman–Crippen MR) is 178 cm³/mol. The predicted octanol–water partition coefficient (Wildman–Crippen LogP) is 5.28. The first-order valence-electron chi connectivity index (χ1n) is 16.2. The number of piperidine rings is 1. The number of furan rings is 1. The molecule has 4 heterocycles. The van der Waals surface area contributed by atoms with Crippen molar-refractivity contribution in [1.29, 1.82) is 0 Å². The quantitative estimate of drug-likeness (QED) is 0.255. The summed E-state index contributed by atoms with van der Waals surface area (Å²) in [6, 6.07) is 26.3. The Labute approximate surface area is 269 Å². The third-order valence-corrected chi connectivity index (χ3v) is 9.21. The van der Waals surface area contributed by atoms with E-state index in [2.05, 4.69) is 75.7 Å². The molecule has 0 atom stereocenters. The molecule has 3 aromatic carbocycles. The highest BCUT2D eigenvalue weighted by molar-refractivity contribution is 6.00. The molecule has 236 valence electrons. The third-order valence-electron chi connectivity index (χ3n) is 9.21. The Balaban J connectivity index is 0.889. The molecule has 2 fully saturated rings. The average Bonchev–Trinajstić information content (AvgIpc) is 3.78. The normalized spacial score (nSPS) is 16.6. The first-order valence-corrected chi connectivity index (χ1v) is 16.2. The number of amides is 2. The third kappa shape index (κ3) is 6.90. The summed E-state index contributed by atoms with van der Waals surface area (Å²) >= 11 is 0. The van der Waals surface area contributed by atoms with Gasteiger partial charge in [-0.2, -0.15) is 5.10 Å². The van der Waals surface area contributed by atoms with Crippen molar-refractivity contribution in [1.82, 2.24) is 29.8 Å². The summed E-state index contributed by atoms with van der Waals surface area (Å²) in [5.74, 6) is 0.0927. The molecule has 9 nitrogen and oxygen atoms in total. The van der Waals surface area contributed by atoms with E-state index < -0.39 is 0 Å². The molecule has 2 amide bonds. The van der Waals surface area contributed by atoms with Gasteiger partial charge >= 0.3 is 0 Å². The molecule has 5 aromatic rings. The van der Waals surface area contributed by atoms with Crippen molar-refractivity contribution in [2.24, 2.45) is 0 Å². The van der Waals surface area contributed by atoms with Crippen molar-refractivity contribution < 1.29 is 14.0 Å². The highest BCUT2D eigenvalue weighted by Gasteiger charge is 2.25. The van der Waals surface area contributed by atoms with E-state index in [1.807, 2.05) is 27.9 Å². The van der Waals surface area contributed by atoms with Gasteiger partial charge in [0.25, 0.3) is 11.8 Å². The maximum absolute atomic E-state index is 13.3. The van der Waals surface area contributed by atoms with Crippen LogP contribution in [0.3, 0.4) is 0 Å². The second kappa shape index (κ2) is 13.3. The molecule has 7 rings (SSSR count). The molecule has 0 bridgehead atoms. The summed E-state index contributed by atoms with van der Waals surface area (Å²) in [7, 11) is 0. The van der Waals surface area contributed by atoms with Crippen LogP contribution < -0.4 is 5.32 Å². The largest absolute Gasteiger partial charge is 0.451 e. The van der Waals surface area contributed by atoms with Gasteiger partial charge in [0.2, 0.25) is 0 Å². The number of piperazine rings is 1. The number of hydrogen-bond donors (Lipinski definition) is 1. The number of nitrogens with one attached hydrogen (secondary N) is 1. The molecule has 0 radical (unpaired) electrons. The molecule has 2 saturated heterocycles. The van der Waals surface area contributed by atoms with E-state index in [9.17, 15) is 9.59 Å². The highest BCUT2D eigenvalue weighted by atomic mass is 16.3. The number of aryl methyl sites for hydroxylation is 1. The monoisotopic (exact) mass is 616 g/mol. The molecule has 2 aliphatic heterocycles. The van der Waals surface area contributed by atoms with E-state index >= 15 is 0 Å². The summed E-state index contributed by atoms with van der Waals surface area (Å²) in [4.78, 5) is 33.2. The second-order valence-electron chi connectivity index (χ2n) is 12.6. The standard InChI is InChI=1S/C37H40N6O3/c1-27-3-5-28(6-4-27)26-41-19-21-42(22-20-41)37(45)30-9-12-34-31(23-30)24-35(46-34)36(44)39-32-13-17-40(18-14-32)25-29-7-10-33(11-8-29)43-16-2-15-38-43/h2-12,15-16,23-24,32H,13-14,17-22,25-26H2,1H3,(H,39,44). The smallest absolute Gasteiger partial charge is 0.287 e. The molecular weight excluding hydrogens is 576 g/mol. The van der Waals surface area contributed by atoms with E-state index in [0.29, 0.717) is 24.2 Å². The van der Waals surface area contributed by atoms with Gasteiger partial charge in [0.1, 0.15) is 5.58 Å². The Hall–Kier alpha value is -4.73. The Morgan fingerprint density at radius 2 is 1.50 bits per heavy atom. The zero-order chi connectivity index (χ0) is 31.5. The van der Waals surface area contributed by atoms with E-state index in [-0.39, 0.29) is 23.6 Å². The van der Waals surface area contributed by atoms with Crippen molar-refractivity contribution >= 4 is 22.8 Å². The van der Waals surface area contributed by atoms with Gasteiger partial charge in [-0.15, -0.1) is 0 Å². The van der Waals surface area contributed by atoms with Crippen LogP contribution >= 0.6 is 0 Å². The van der Waals surface area contributed by atoms with E-state index in [1.165, 1.54) is 16.7 Å². The summed E-state index contributed by atoms with van der Waals surface area (Å²) < 4.78 is 7.76. The van der Waals surface area contributed by atoms with Crippen LogP contribution in [0.5, 0.6) is 0 Å². The maximum Gasteiger partial charge on any atom is 0.287 e. The molecule has 0 spiro atoms. The number of rotatable bonds is 8. The fraction of sp³-hybridized carbons (Fsp3) is 0.324. The Kier molecular flexibility index (Phi) is 8.68. The van der Waals surface area contributed by atoms with Crippen LogP contribution in [-0.2, 0) is 13.1 Å². The molecule has 46 heavy (non-hydrogen) atoms. The SMILES string of the molecule is Cc1ccc(CN2CCN(C(=O)c3ccc4oc(C(=O)NC5CCN(Cc6ccc(-n7cccn7)cc6)CC5)cc4c3)CC2)cc1. The number of carbonyl (C=O) groups is 2. The lowest BCUT2D eigenvalue weighted by Gasteiger charge is -2.34. The second-order valence-corrected chi connectivity index (χ2v) is 12.6. The number of fused-ring (bicyclic) bond motifs is 1. The summed E-state index contributed by atoms with van der Waals surface area (Å²) in [5.41, 5.74) is 6.10. The molecule has 2 aromatic heterocycles. The lowest BCUT2D eigenvalue weighted by Crippen LogP contribution is -2.48. The molecule has 2 aliphatic rings. The fourth-order valence-corrected chi connectivity index (χ4v) is 6.46. The van der Waals surface area contributed by atoms with Crippen LogP contribution in [0, 0.1) is 6.92 Å². The van der Waals surface area contributed by atoms with Crippen LogP contribution in [0.15, 0.2) is 95.7 Å². The minimum absolute atomic E-state index is 0.0182. The molecule has 1 N–H and O–H groups in total. The minimum Gasteiger partial charge on any atom is -0.451 e. The summed E-state index contributed by atoms with van der Waals surface area (Å²) in [6.07, 6.45) is 5.48. The molecule has 9 heteroatoms.